The topological polar surface area (TPSA) is 81.7 Å². The maximum Gasteiger partial charge on any atom is 0.318 e. The third kappa shape index (κ3) is 5.93. The molecule has 0 atom stereocenters. The summed E-state index contributed by atoms with van der Waals surface area (Å²) in [6.45, 7) is 8.86. The Morgan fingerprint density at radius 2 is 1.75 bits per heavy atom. The van der Waals surface area contributed by atoms with Crippen molar-refractivity contribution < 1.29 is 14.0 Å². The van der Waals surface area contributed by atoms with Crippen molar-refractivity contribution >= 4 is 17.8 Å². The molecule has 1 aromatic heterocycles. The molecule has 8 nitrogen and oxygen atoms in total. The van der Waals surface area contributed by atoms with Crippen LogP contribution in [0.5, 0.6) is 0 Å². The van der Waals surface area contributed by atoms with Gasteiger partial charge in [-0.05, 0) is 56.7 Å². The highest BCUT2D eigenvalue weighted by Gasteiger charge is 2.26. The largest absolute Gasteiger partial charge is 0.352 e. The van der Waals surface area contributed by atoms with Crippen molar-refractivity contribution in [1.29, 1.82) is 0 Å². The lowest BCUT2D eigenvalue weighted by Crippen LogP contribution is -2.54. The molecule has 1 N–H and O–H groups in total. The summed E-state index contributed by atoms with van der Waals surface area (Å²) in [4.78, 5) is 30.6. The predicted molar refractivity (Wildman–Crippen MR) is 122 cm³/mol. The minimum atomic E-state index is -0.288. The molecule has 9 heteroatoms. The highest BCUT2D eigenvalue weighted by Crippen LogP contribution is 2.20. The van der Waals surface area contributed by atoms with Crippen LogP contribution in [0.25, 0.3) is 11.3 Å². The molecule has 1 saturated heterocycles. The number of amides is 3. The first kappa shape index (κ1) is 23.4. The number of nitrogens with one attached hydrogen (secondary N) is 1. The minimum Gasteiger partial charge on any atom is -0.352 e. The van der Waals surface area contributed by atoms with Crippen LogP contribution in [0.1, 0.15) is 27.2 Å². The lowest BCUT2D eigenvalue weighted by atomic mass is 10.1. The zero-order chi connectivity index (χ0) is 23.1. The van der Waals surface area contributed by atoms with Gasteiger partial charge in [-0.1, -0.05) is 6.92 Å². The first-order valence-electron chi connectivity index (χ1n) is 11.1. The molecular formula is C23H31FN6O2. The number of aromatic nitrogens is 2. The van der Waals surface area contributed by atoms with Crippen LogP contribution in [0, 0.1) is 5.82 Å². The Labute approximate surface area is 188 Å². The number of halogens is 1. The molecule has 0 unspecified atom stereocenters. The first-order chi connectivity index (χ1) is 15.4. The van der Waals surface area contributed by atoms with Crippen LogP contribution in [-0.2, 0) is 4.79 Å². The van der Waals surface area contributed by atoms with Crippen molar-refractivity contribution in [3.05, 3.63) is 42.2 Å². The summed E-state index contributed by atoms with van der Waals surface area (Å²) in [6, 6.07) is 9.63. The molecule has 2 aromatic rings. The van der Waals surface area contributed by atoms with Gasteiger partial charge >= 0.3 is 6.03 Å². The van der Waals surface area contributed by atoms with Crippen molar-refractivity contribution in [3.63, 3.8) is 0 Å². The van der Waals surface area contributed by atoms with Gasteiger partial charge in [0.1, 0.15) is 12.4 Å². The normalized spacial score (nSPS) is 13.9. The van der Waals surface area contributed by atoms with Crippen LogP contribution < -0.4 is 10.2 Å². The van der Waals surface area contributed by atoms with Gasteiger partial charge < -0.3 is 20.0 Å². The van der Waals surface area contributed by atoms with Crippen LogP contribution in [0.4, 0.5) is 15.0 Å². The number of rotatable bonds is 7. The summed E-state index contributed by atoms with van der Waals surface area (Å²) in [5, 5.41) is 11.4. The Morgan fingerprint density at radius 3 is 2.31 bits per heavy atom. The van der Waals surface area contributed by atoms with Crippen LogP contribution in [0.15, 0.2) is 36.4 Å². The van der Waals surface area contributed by atoms with Crippen molar-refractivity contribution in [2.45, 2.75) is 33.2 Å². The number of anilines is 1. The van der Waals surface area contributed by atoms with E-state index >= 15 is 0 Å². The maximum atomic E-state index is 13.1. The average molecular weight is 443 g/mol. The van der Waals surface area contributed by atoms with E-state index in [1.165, 1.54) is 12.1 Å². The Hall–Kier alpha value is -3.23. The quantitative estimate of drug-likeness (QED) is 0.713. The maximum absolute atomic E-state index is 13.1. The van der Waals surface area contributed by atoms with E-state index in [9.17, 15) is 14.0 Å². The molecule has 1 aromatic carbocycles. The third-order valence-electron chi connectivity index (χ3n) is 5.46. The fourth-order valence-corrected chi connectivity index (χ4v) is 3.52. The monoisotopic (exact) mass is 442 g/mol. The van der Waals surface area contributed by atoms with Gasteiger partial charge in [0, 0.05) is 44.3 Å². The van der Waals surface area contributed by atoms with Crippen molar-refractivity contribution in [1.82, 2.24) is 25.3 Å². The van der Waals surface area contributed by atoms with E-state index in [1.54, 1.807) is 21.9 Å². The molecule has 1 fully saturated rings. The summed E-state index contributed by atoms with van der Waals surface area (Å²) in [5.41, 5.74) is 1.48. The van der Waals surface area contributed by atoms with E-state index in [-0.39, 0.29) is 30.3 Å². The lowest BCUT2D eigenvalue weighted by molar-refractivity contribution is -0.132. The number of urea groups is 1. The second kappa shape index (κ2) is 10.9. The molecule has 3 amide bonds. The van der Waals surface area contributed by atoms with Crippen LogP contribution in [-0.4, -0.2) is 77.2 Å². The van der Waals surface area contributed by atoms with Gasteiger partial charge in [-0.3, -0.25) is 4.79 Å². The van der Waals surface area contributed by atoms with Crippen LogP contribution in [0.3, 0.4) is 0 Å². The van der Waals surface area contributed by atoms with Gasteiger partial charge in [-0.2, -0.15) is 0 Å². The van der Waals surface area contributed by atoms with Gasteiger partial charge in [0.05, 0.1) is 5.69 Å². The van der Waals surface area contributed by atoms with Crippen molar-refractivity contribution in [2.24, 2.45) is 0 Å². The van der Waals surface area contributed by atoms with Crippen LogP contribution >= 0.6 is 0 Å². The summed E-state index contributed by atoms with van der Waals surface area (Å²) in [7, 11) is 0. The number of nitrogens with zero attached hydrogens (tertiary/aromatic N) is 5. The molecular weight excluding hydrogens is 411 g/mol. The van der Waals surface area contributed by atoms with E-state index in [0.29, 0.717) is 38.4 Å². The van der Waals surface area contributed by atoms with Gasteiger partial charge in [-0.25, -0.2) is 9.18 Å². The molecule has 0 aliphatic carbocycles. The van der Waals surface area contributed by atoms with E-state index in [0.717, 1.165) is 17.8 Å². The smallest absolute Gasteiger partial charge is 0.318 e. The van der Waals surface area contributed by atoms with E-state index < -0.39 is 0 Å². The van der Waals surface area contributed by atoms with E-state index in [4.69, 9.17) is 0 Å². The van der Waals surface area contributed by atoms with Crippen molar-refractivity contribution in [2.75, 3.05) is 44.2 Å². The summed E-state index contributed by atoms with van der Waals surface area (Å²) >= 11 is 0. The Kier molecular flexibility index (Phi) is 7.97. The third-order valence-corrected chi connectivity index (χ3v) is 5.46. The fraction of sp³-hybridized carbons (Fsp3) is 0.478. The predicted octanol–water partition coefficient (Wildman–Crippen LogP) is 2.76. The fourth-order valence-electron chi connectivity index (χ4n) is 3.52. The molecule has 1 aliphatic rings. The minimum absolute atomic E-state index is 0.0530. The van der Waals surface area contributed by atoms with E-state index in [1.807, 2.05) is 32.9 Å². The standard InChI is InChI=1S/C23H31FN6O2/c1-4-11-25-23(32)30(17(2)3)16-22(31)29-14-12-28(13-15-29)21-10-9-20(26-27-21)18-5-7-19(24)8-6-18/h5-10,17H,4,11-16H2,1-3H3,(H,25,32). The SMILES string of the molecule is CCCNC(=O)N(CC(=O)N1CCN(c2ccc(-c3ccc(F)cc3)nn2)CC1)C(C)C. The molecule has 3 rings (SSSR count). The highest BCUT2D eigenvalue weighted by atomic mass is 19.1. The molecule has 2 heterocycles. The second-order valence-corrected chi connectivity index (χ2v) is 8.11. The number of carbonyl (C=O) groups is 2. The second-order valence-electron chi connectivity index (χ2n) is 8.11. The Balaban J connectivity index is 1.54. The van der Waals surface area contributed by atoms with Gasteiger partial charge in [0.25, 0.3) is 0 Å². The number of carbonyl (C=O) groups excluding carboxylic acids is 2. The van der Waals surface area contributed by atoms with Crippen LogP contribution in [0.2, 0.25) is 0 Å². The zero-order valence-electron chi connectivity index (χ0n) is 18.9. The summed E-state index contributed by atoms with van der Waals surface area (Å²) in [6.07, 6.45) is 0.849. The molecule has 0 saturated carbocycles. The van der Waals surface area contributed by atoms with Gasteiger partial charge in [-0.15, -0.1) is 10.2 Å². The van der Waals surface area contributed by atoms with Gasteiger partial charge in [0.2, 0.25) is 5.91 Å². The zero-order valence-corrected chi connectivity index (χ0v) is 18.9. The lowest BCUT2D eigenvalue weighted by Gasteiger charge is -2.36. The molecule has 1 aliphatic heterocycles. The number of benzene rings is 1. The molecule has 0 bridgehead atoms. The first-order valence-corrected chi connectivity index (χ1v) is 11.1. The number of piperazine rings is 1. The van der Waals surface area contributed by atoms with Gasteiger partial charge in [0.15, 0.2) is 5.82 Å². The highest BCUT2D eigenvalue weighted by molar-refractivity contribution is 5.84. The number of hydrogen-bond donors (Lipinski definition) is 1. The van der Waals surface area contributed by atoms with Crippen molar-refractivity contribution in [3.8, 4) is 11.3 Å². The Bertz CT molecular complexity index is 896. The summed E-state index contributed by atoms with van der Waals surface area (Å²) in [5.74, 6) is 0.400. The average Bonchev–Trinajstić information content (AvgIpc) is 2.81. The molecule has 32 heavy (non-hydrogen) atoms. The summed E-state index contributed by atoms with van der Waals surface area (Å²) < 4.78 is 13.1. The van der Waals surface area contributed by atoms with E-state index in [2.05, 4.69) is 20.4 Å². The molecule has 0 radical (unpaired) electrons. The number of hydrogen-bond acceptors (Lipinski definition) is 5. The molecule has 0 spiro atoms. The Morgan fingerprint density at radius 1 is 1.06 bits per heavy atom. The molecule has 172 valence electrons.